The number of anilines is 1. The quantitative estimate of drug-likeness (QED) is 0.450. The first-order valence-corrected chi connectivity index (χ1v) is 14.1. The molecule has 9 heteroatoms. The summed E-state index contributed by atoms with van der Waals surface area (Å²) >= 11 is 0. The molecular weight excluding hydrogens is 520 g/mol. The number of piperidine rings is 1. The molecule has 41 heavy (non-hydrogen) atoms. The molecule has 0 spiro atoms. The molecule has 2 saturated heterocycles. The molecule has 212 valence electrons. The van der Waals surface area contributed by atoms with Crippen molar-refractivity contribution in [1.29, 1.82) is 0 Å². The highest BCUT2D eigenvalue weighted by Gasteiger charge is 2.55. The third kappa shape index (κ3) is 4.84. The highest BCUT2D eigenvalue weighted by molar-refractivity contribution is 6.30. The van der Waals surface area contributed by atoms with Crippen molar-refractivity contribution in [2.45, 2.75) is 38.6 Å². The van der Waals surface area contributed by atoms with Crippen molar-refractivity contribution < 1.29 is 19.1 Å². The molecule has 2 aromatic carbocycles. The van der Waals surface area contributed by atoms with Crippen LogP contribution in [0.2, 0.25) is 0 Å². The molecule has 0 unspecified atom stereocenters. The molecule has 4 heterocycles. The maximum absolute atomic E-state index is 14.5. The van der Waals surface area contributed by atoms with Gasteiger partial charge in [-0.1, -0.05) is 37.3 Å². The Balaban J connectivity index is 1.37. The van der Waals surface area contributed by atoms with Crippen molar-refractivity contribution in [1.82, 2.24) is 14.8 Å². The first-order chi connectivity index (χ1) is 19.8. The molecule has 0 radical (unpaired) electrons. The van der Waals surface area contributed by atoms with E-state index >= 15 is 0 Å². The number of barbiturate groups is 1. The first kappa shape index (κ1) is 27.0. The topological polar surface area (TPSA) is 101 Å². The van der Waals surface area contributed by atoms with Crippen molar-refractivity contribution in [3.8, 4) is 5.75 Å². The van der Waals surface area contributed by atoms with E-state index in [-0.39, 0.29) is 30.4 Å². The van der Waals surface area contributed by atoms with Crippen LogP contribution in [0.25, 0.3) is 0 Å². The van der Waals surface area contributed by atoms with Gasteiger partial charge in [-0.05, 0) is 66.6 Å². The largest absolute Gasteiger partial charge is 0.497 e. The molecule has 3 atom stereocenters. The zero-order valence-corrected chi connectivity index (χ0v) is 23.3. The standard InChI is InChI=1S/C32H34N4O5/c1-3-21-7-11-25(12-8-21)36-30(39)32(29(38)33-31(36)40,16-22-9-13-26(41-2)14-10-22)20-34-17-23-15-24(19-34)27-5-4-6-28(37)35(27)18-23/h4-14,23-24H,3,15-20H2,1-2H3,(H,33,38,40)/t23-,24+,32+/m1/s1. The zero-order valence-electron chi connectivity index (χ0n) is 23.3. The minimum absolute atomic E-state index is 0.00621. The van der Waals surface area contributed by atoms with Gasteiger partial charge in [-0.2, -0.15) is 0 Å². The number of carbonyl (C=O) groups excluding carboxylic acids is 3. The van der Waals surface area contributed by atoms with Gasteiger partial charge in [0.05, 0.1) is 12.8 Å². The average Bonchev–Trinajstić information content (AvgIpc) is 2.97. The molecule has 0 saturated carbocycles. The maximum Gasteiger partial charge on any atom is 0.335 e. The summed E-state index contributed by atoms with van der Waals surface area (Å²) in [4.78, 5) is 57.2. The Hall–Kier alpha value is -4.24. The fraction of sp³-hybridized carbons (Fsp3) is 0.375. The van der Waals surface area contributed by atoms with Crippen LogP contribution in [-0.4, -0.2) is 54.1 Å². The van der Waals surface area contributed by atoms with E-state index in [1.165, 1.54) is 0 Å². The second kappa shape index (κ2) is 10.6. The fourth-order valence-electron chi connectivity index (χ4n) is 6.74. The number of benzene rings is 2. The van der Waals surface area contributed by atoms with E-state index in [2.05, 4.69) is 10.2 Å². The Morgan fingerprint density at radius 1 is 0.902 bits per heavy atom. The summed E-state index contributed by atoms with van der Waals surface area (Å²) in [6, 6.07) is 19.3. The number of carbonyl (C=O) groups is 3. The number of imide groups is 2. The SMILES string of the molecule is CCc1ccc(N2C(=O)NC(=O)[C@](Cc3ccc(OC)cc3)(CN3C[C@H]4C[C@@H](C3)c3cccc(=O)n3C4)C2=O)cc1. The minimum atomic E-state index is -1.53. The van der Waals surface area contributed by atoms with Crippen molar-refractivity contribution in [3.63, 3.8) is 0 Å². The number of fused-ring (bicyclic) bond motifs is 4. The highest BCUT2D eigenvalue weighted by Crippen LogP contribution is 2.39. The van der Waals surface area contributed by atoms with Gasteiger partial charge in [0.25, 0.3) is 11.5 Å². The summed E-state index contributed by atoms with van der Waals surface area (Å²) in [7, 11) is 1.58. The molecule has 4 amide bonds. The number of hydrogen-bond acceptors (Lipinski definition) is 6. The van der Waals surface area contributed by atoms with Crippen LogP contribution in [0.15, 0.2) is 71.5 Å². The predicted octanol–water partition coefficient (Wildman–Crippen LogP) is 3.35. The van der Waals surface area contributed by atoms with Gasteiger partial charge in [0, 0.05) is 43.9 Å². The zero-order chi connectivity index (χ0) is 28.7. The number of aromatic nitrogens is 1. The second-order valence-electron chi connectivity index (χ2n) is 11.4. The van der Waals surface area contributed by atoms with Crippen LogP contribution in [0.3, 0.4) is 0 Å². The number of rotatable bonds is 7. The Morgan fingerprint density at radius 2 is 1.63 bits per heavy atom. The molecule has 6 rings (SSSR count). The maximum atomic E-state index is 14.5. The number of ether oxygens (including phenoxy) is 1. The summed E-state index contributed by atoms with van der Waals surface area (Å²) < 4.78 is 7.17. The van der Waals surface area contributed by atoms with Gasteiger partial charge < -0.3 is 14.2 Å². The number of pyridine rings is 1. The third-order valence-electron chi connectivity index (χ3n) is 8.79. The Morgan fingerprint density at radius 3 is 2.34 bits per heavy atom. The summed E-state index contributed by atoms with van der Waals surface area (Å²) in [6.07, 6.45) is 1.91. The van der Waals surface area contributed by atoms with Crippen molar-refractivity contribution in [2.75, 3.05) is 31.6 Å². The van der Waals surface area contributed by atoms with Crippen molar-refractivity contribution in [3.05, 3.63) is 93.9 Å². The van der Waals surface area contributed by atoms with E-state index in [1.807, 2.05) is 41.8 Å². The lowest BCUT2D eigenvalue weighted by atomic mass is 9.75. The van der Waals surface area contributed by atoms with Crippen molar-refractivity contribution >= 4 is 23.5 Å². The molecule has 3 aromatic rings. The number of amides is 4. The molecule has 1 N–H and O–H groups in total. The number of hydrogen-bond donors (Lipinski definition) is 1. The van der Waals surface area contributed by atoms with Crippen LogP contribution in [0.1, 0.15) is 36.1 Å². The van der Waals surface area contributed by atoms with Crippen LogP contribution in [-0.2, 0) is 29.0 Å². The van der Waals surface area contributed by atoms with Gasteiger partial charge in [-0.25, -0.2) is 9.69 Å². The number of methoxy groups -OCH3 is 1. The number of nitrogens with zero attached hydrogens (tertiary/aromatic N) is 3. The van der Waals surface area contributed by atoms with E-state index < -0.39 is 23.3 Å². The number of urea groups is 1. The summed E-state index contributed by atoms with van der Waals surface area (Å²) in [5, 5.41) is 2.51. The molecular formula is C32H34N4O5. The van der Waals surface area contributed by atoms with Crippen LogP contribution < -0.4 is 20.5 Å². The molecule has 3 aliphatic heterocycles. The summed E-state index contributed by atoms with van der Waals surface area (Å²) in [6.45, 7) is 4.08. The van der Waals surface area contributed by atoms with E-state index in [0.717, 1.165) is 34.6 Å². The van der Waals surface area contributed by atoms with Gasteiger partial charge in [-0.15, -0.1) is 0 Å². The monoisotopic (exact) mass is 554 g/mol. The van der Waals surface area contributed by atoms with Crippen LogP contribution in [0, 0.1) is 11.3 Å². The third-order valence-corrected chi connectivity index (χ3v) is 8.79. The van der Waals surface area contributed by atoms with Gasteiger partial charge in [-0.3, -0.25) is 19.7 Å². The van der Waals surface area contributed by atoms with E-state index in [0.29, 0.717) is 31.1 Å². The van der Waals surface area contributed by atoms with Gasteiger partial charge >= 0.3 is 6.03 Å². The number of aryl methyl sites for hydroxylation is 1. The fourth-order valence-corrected chi connectivity index (χ4v) is 6.74. The summed E-state index contributed by atoms with van der Waals surface area (Å²) in [5.74, 6) is -0.0976. The van der Waals surface area contributed by atoms with Crippen LogP contribution in [0.4, 0.5) is 10.5 Å². The Bertz CT molecular complexity index is 1550. The average molecular weight is 555 g/mol. The van der Waals surface area contributed by atoms with Gasteiger partial charge in [0.15, 0.2) is 0 Å². The molecule has 9 nitrogen and oxygen atoms in total. The van der Waals surface area contributed by atoms with E-state index in [4.69, 9.17) is 4.74 Å². The van der Waals surface area contributed by atoms with Crippen molar-refractivity contribution in [2.24, 2.45) is 11.3 Å². The summed E-state index contributed by atoms with van der Waals surface area (Å²) in [5.41, 5.74) is 1.77. The normalized spacial score (nSPS) is 24.1. The lowest BCUT2D eigenvalue weighted by Gasteiger charge is -2.47. The molecule has 1 aromatic heterocycles. The van der Waals surface area contributed by atoms with Gasteiger partial charge in [0.2, 0.25) is 5.91 Å². The second-order valence-corrected chi connectivity index (χ2v) is 11.4. The van der Waals surface area contributed by atoms with Crippen LogP contribution in [0.5, 0.6) is 5.75 Å². The number of nitrogens with one attached hydrogen (secondary N) is 1. The molecule has 0 aliphatic carbocycles. The lowest BCUT2D eigenvalue weighted by Crippen LogP contribution is -2.68. The smallest absolute Gasteiger partial charge is 0.335 e. The molecule has 2 fully saturated rings. The van der Waals surface area contributed by atoms with E-state index in [9.17, 15) is 19.2 Å². The first-order valence-electron chi connectivity index (χ1n) is 14.1. The molecule has 3 aliphatic rings. The number of likely N-dealkylation sites (tertiary alicyclic amines) is 1. The highest BCUT2D eigenvalue weighted by atomic mass is 16.5. The Kier molecular flexibility index (Phi) is 6.99. The van der Waals surface area contributed by atoms with E-state index in [1.54, 1.807) is 43.5 Å². The lowest BCUT2D eigenvalue weighted by molar-refractivity contribution is -0.144. The van der Waals surface area contributed by atoms with Gasteiger partial charge in [0.1, 0.15) is 11.2 Å². The Labute approximate surface area is 238 Å². The predicted molar refractivity (Wildman–Crippen MR) is 154 cm³/mol. The minimum Gasteiger partial charge on any atom is -0.497 e. The van der Waals surface area contributed by atoms with Crippen LogP contribution >= 0.6 is 0 Å². The molecule has 2 bridgehead atoms.